The summed E-state index contributed by atoms with van der Waals surface area (Å²) in [5.41, 5.74) is 1.78. The normalized spacial score (nSPS) is 10.9. The van der Waals surface area contributed by atoms with E-state index in [0.29, 0.717) is 0 Å². The Morgan fingerprint density at radius 2 is 2.67 bits per heavy atom. The quantitative estimate of drug-likeness (QED) is 0.643. The van der Waals surface area contributed by atoms with Crippen molar-refractivity contribution < 1.29 is 0 Å². The second kappa shape index (κ2) is 3.08. The highest BCUT2D eigenvalue weighted by atomic mass is 79.9. The van der Waals surface area contributed by atoms with E-state index in [2.05, 4.69) is 25.9 Å². The van der Waals surface area contributed by atoms with Crippen LogP contribution >= 0.6 is 27.3 Å². The highest BCUT2D eigenvalue weighted by Crippen LogP contribution is 2.16. The standard InChI is InChI=1S/C5H5BrN2S/c1-7-2-4-5(6)8-3-9-4/h2-3H,1H3. The van der Waals surface area contributed by atoms with Crippen molar-refractivity contribution in [2.75, 3.05) is 7.05 Å². The minimum absolute atomic E-state index is 0.873. The van der Waals surface area contributed by atoms with Gasteiger partial charge in [0.05, 0.1) is 10.4 Å². The van der Waals surface area contributed by atoms with Crippen molar-refractivity contribution in [3.05, 3.63) is 15.0 Å². The number of nitrogens with zero attached hydrogens (tertiary/aromatic N) is 2. The number of hydrogen-bond donors (Lipinski definition) is 0. The Labute approximate surface area is 65.8 Å². The first-order chi connectivity index (χ1) is 4.34. The Bertz CT molecular complexity index is 218. The largest absolute Gasteiger partial charge is 0.295 e. The molecule has 9 heavy (non-hydrogen) atoms. The van der Waals surface area contributed by atoms with Crippen LogP contribution in [0.4, 0.5) is 0 Å². The topological polar surface area (TPSA) is 25.2 Å². The predicted molar refractivity (Wildman–Crippen MR) is 43.3 cm³/mol. The summed E-state index contributed by atoms with van der Waals surface area (Å²) in [7, 11) is 1.74. The summed E-state index contributed by atoms with van der Waals surface area (Å²) < 4.78 is 0.873. The summed E-state index contributed by atoms with van der Waals surface area (Å²) in [6.45, 7) is 0. The average molecular weight is 205 g/mol. The molecule has 0 aliphatic rings. The van der Waals surface area contributed by atoms with E-state index in [0.717, 1.165) is 9.48 Å². The van der Waals surface area contributed by atoms with Crippen LogP contribution in [0.25, 0.3) is 0 Å². The van der Waals surface area contributed by atoms with Crippen molar-refractivity contribution >= 4 is 33.5 Å². The van der Waals surface area contributed by atoms with Gasteiger partial charge in [0.2, 0.25) is 0 Å². The number of halogens is 1. The predicted octanol–water partition coefficient (Wildman–Crippen LogP) is 1.95. The van der Waals surface area contributed by atoms with Gasteiger partial charge in [-0.2, -0.15) is 0 Å². The molecule has 0 aliphatic heterocycles. The van der Waals surface area contributed by atoms with E-state index < -0.39 is 0 Å². The van der Waals surface area contributed by atoms with Crippen molar-refractivity contribution in [3.63, 3.8) is 0 Å². The van der Waals surface area contributed by atoms with Crippen LogP contribution in [0.5, 0.6) is 0 Å². The molecule has 1 rings (SSSR count). The Morgan fingerprint density at radius 1 is 1.89 bits per heavy atom. The maximum atomic E-state index is 3.98. The fourth-order valence-electron chi connectivity index (χ4n) is 0.443. The van der Waals surface area contributed by atoms with E-state index >= 15 is 0 Å². The second-order valence-electron chi connectivity index (χ2n) is 1.39. The first-order valence-electron chi connectivity index (χ1n) is 2.35. The Hall–Kier alpha value is -0.220. The summed E-state index contributed by atoms with van der Waals surface area (Å²) in [4.78, 5) is 8.90. The third kappa shape index (κ3) is 1.59. The summed E-state index contributed by atoms with van der Waals surface area (Å²) in [5, 5.41) is 0. The molecule has 0 radical (unpaired) electrons. The zero-order chi connectivity index (χ0) is 6.69. The fourth-order valence-corrected chi connectivity index (χ4v) is 1.65. The molecule has 48 valence electrons. The number of aliphatic imine (C=N–C) groups is 1. The summed E-state index contributed by atoms with van der Waals surface area (Å²) >= 11 is 4.84. The van der Waals surface area contributed by atoms with Crippen LogP contribution in [0, 0.1) is 0 Å². The zero-order valence-electron chi connectivity index (χ0n) is 4.84. The van der Waals surface area contributed by atoms with Crippen LogP contribution in [0.2, 0.25) is 0 Å². The maximum absolute atomic E-state index is 3.98. The molecule has 0 atom stereocenters. The van der Waals surface area contributed by atoms with Crippen molar-refractivity contribution in [1.82, 2.24) is 4.98 Å². The molecule has 0 aliphatic carbocycles. The monoisotopic (exact) mass is 204 g/mol. The molecule has 1 aromatic rings. The fraction of sp³-hybridized carbons (Fsp3) is 0.200. The molecule has 0 spiro atoms. The first-order valence-corrected chi connectivity index (χ1v) is 4.03. The molecule has 2 nitrogen and oxygen atoms in total. The van der Waals surface area contributed by atoms with Gasteiger partial charge < -0.3 is 0 Å². The van der Waals surface area contributed by atoms with Gasteiger partial charge in [0.25, 0.3) is 0 Å². The van der Waals surface area contributed by atoms with Crippen LogP contribution in [-0.2, 0) is 0 Å². The summed E-state index contributed by atoms with van der Waals surface area (Å²) in [5.74, 6) is 0. The molecule has 0 saturated carbocycles. The van der Waals surface area contributed by atoms with E-state index in [4.69, 9.17) is 0 Å². The molecular formula is C5H5BrN2S. The lowest BCUT2D eigenvalue weighted by atomic mass is 10.6. The van der Waals surface area contributed by atoms with Crippen LogP contribution < -0.4 is 0 Å². The smallest absolute Gasteiger partial charge is 0.125 e. The molecule has 0 amide bonds. The Balaban J connectivity index is 2.94. The van der Waals surface area contributed by atoms with E-state index in [-0.39, 0.29) is 0 Å². The van der Waals surface area contributed by atoms with E-state index in [1.165, 1.54) is 0 Å². The lowest BCUT2D eigenvalue weighted by Crippen LogP contribution is -1.73. The third-order valence-corrected chi connectivity index (χ3v) is 2.45. The molecular weight excluding hydrogens is 200 g/mol. The molecule has 4 heteroatoms. The first kappa shape index (κ1) is 6.89. The van der Waals surface area contributed by atoms with Gasteiger partial charge in [0.1, 0.15) is 4.60 Å². The molecule has 0 saturated heterocycles. The van der Waals surface area contributed by atoms with Gasteiger partial charge in [-0.1, -0.05) is 0 Å². The van der Waals surface area contributed by atoms with Gasteiger partial charge in [0.15, 0.2) is 0 Å². The van der Waals surface area contributed by atoms with Crippen molar-refractivity contribution in [2.45, 2.75) is 0 Å². The summed E-state index contributed by atoms with van der Waals surface area (Å²) in [6.07, 6.45) is 1.78. The average Bonchev–Trinajstić information content (AvgIpc) is 2.18. The van der Waals surface area contributed by atoms with Gasteiger partial charge >= 0.3 is 0 Å². The number of rotatable bonds is 1. The van der Waals surface area contributed by atoms with Crippen LogP contribution in [0.3, 0.4) is 0 Å². The minimum atomic E-state index is 0.873. The highest BCUT2D eigenvalue weighted by Gasteiger charge is 1.96. The molecule has 0 bridgehead atoms. The number of aromatic nitrogens is 1. The molecule has 0 aromatic carbocycles. The van der Waals surface area contributed by atoms with Gasteiger partial charge in [-0.3, -0.25) is 4.99 Å². The lowest BCUT2D eigenvalue weighted by molar-refractivity contribution is 1.36. The molecule has 0 N–H and O–H groups in total. The molecule has 1 heterocycles. The van der Waals surface area contributed by atoms with Gasteiger partial charge in [-0.25, -0.2) is 4.98 Å². The molecule has 1 aromatic heterocycles. The molecule has 0 unspecified atom stereocenters. The lowest BCUT2D eigenvalue weighted by Gasteiger charge is -1.80. The highest BCUT2D eigenvalue weighted by molar-refractivity contribution is 9.10. The van der Waals surface area contributed by atoms with Crippen molar-refractivity contribution in [1.29, 1.82) is 0 Å². The maximum Gasteiger partial charge on any atom is 0.125 e. The summed E-state index contributed by atoms with van der Waals surface area (Å²) in [6, 6.07) is 0. The van der Waals surface area contributed by atoms with Crippen molar-refractivity contribution in [2.24, 2.45) is 4.99 Å². The van der Waals surface area contributed by atoms with E-state index in [1.807, 2.05) is 0 Å². The number of thiazole rings is 1. The van der Waals surface area contributed by atoms with Crippen LogP contribution in [0.15, 0.2) is 15.1 Å². The van der Waals surface area contributed by atoms with Gasteiger partial charge in [-0.15, -0.1) is 11.3 Å². The van der Waals surface area contributed by atoms with Gasteiger partial charge in [0, 0.05) is 13.3 Å². The minimum Gasteiger partial charge on any atom is -0.295 e. The zero-order valence-corrected chi connectivity index (χ0v) is 7.24. The Morgan fingerprint density at radius 3 is 3.11 bits per heavy atom. The second-order valence-corrected chi connectivity index (χ2v) is 3.03. The van der Waals surface area contributed by atoms with E-state index in [1.54, 1.807) is 30.1 Å². The molecule has 0 fully saturated rings. The van der Waals surface area contributed by atoms with Gasteiger partial charge in [-0.05, 0) is 15.9 Å². The SMILES string of the molecule is CN=Cc1scnc1Br. The Kier molecular flexibility index (Phi) is 2.36. The number of hydrogen-bond acceptors (Lipinski definition) is 3. The van der Waals surface area contributed by atoms with Crippen molar-refractivity contribution in [3.8, 4) is 0 Å². The van der Waals surface area contributed by atoms with Crippen LogP contribution in [-0.4, -0.2) is 18.2 Å². The third-order valence-electron chi connectivity index (χ3n) is 0.795. The van der Waals surface area contributed by atoms with Crippen LogP contribution in [0.1, 0.15) is 4.88 Å². The van der Waals surface area contributed by atoms with E-state index in [9.17, 15) is 0 Å².